The molecule has 0 amide bonds. The van der Waals surface area contributed by atoms with Gasteiger partial charge in [-0.05, 0) is 32.9 Å². The van der Waals surface area contributed by atoms with Gasteiger partial charge in [-0.15, -0.1) is 0 Å². The molecule has 18 heavy (non-hydrogen) atoms. The third-order valence-electron chi connectivity index (χ3n) is 3.51. The van der Waals surface area contributed by atoms with Crippen LogP contribution in [0.5, 0.6) is 0 Å². The zero-order valence-electron chi connectivity index (χ0n) is 10.6. The summed E-state index contributed by atoms with van der Waals surface area (Å²) in [5, 5.41) is 7.43. The minimum atomic E-state index is 0.613. The molecule has 1 saturated heterocycles. The van der Waals surface area contributed by atoms with Crippen molar-refractivity contribution in [1.29, 1.82) is 0 Å². The molecule has 1 fully saturated rings. The molecular weight excluding hydrogens is 228 g/mol. The number of aromatic nitrogens is 3. The first kappa shape index (κ1) is 11.5. The Labute approximate surface area is 106 Å². The SMILES string of the molecule is Cc1cc(Cn2cncc2C2CCNCC2)no1. The molecule has 2 aromatic heterocycles. The van der Waals surface area contributed by atoms with Crippen LogP contribution in [0.1, 0.15) is 35.9 Å². The highest BCUT2D eigenvalue weighted by Gasteiger charge is 2.19. The number of aryl methyl sites for hydroxylation is 1. The van der Waals surface area contributed by atoms with Crippen LogP contribution in [0.15, 0.2) is 23.1 Å². The fraction of sp³-hybridized carbons (Fsp3) is 0.538. The highest BCUT2D eigenvalue weighted by Crippen LogP contribution is 2.25. The fourth-order valence-electron chi connectivity index (χ4n) is 2.59. The highest BCUT2D eigenvalue weighted by molar-refractivity contribution is 5.11. The van der Waals surface area contributed by atoms with Gasteiger partial charge in [0.2, 0.25) is 0 Å². The Hall–Kier alpha value is -1.62. The minimum Gasteiger partial charge on any atom is -0.361 e. The summed E-state index contributed by atoms with van der Waals surface area (Å²) in [5.41, 5.74) is 2.28. The Balaban J connectivity index is 1.78. The number of rotatable bonds is 3. The molecule has 0 saturated carbocycles. The first-order chi connectivity index (χ1) is 8.83. The summed E-state index contributed by atoms with van der Waals surface area (Å²) in [4.78, 5) is 4.28. The molecule has 0 unspecified atom stereocenters. The van der Waals surface area contributed by atoms with Crippen LogP contribution in [-0.2, 0) is 6.54 Å². The first-order valence-electron chi connectivity index (χ1n) is 6.46. The molecule has 0 radical (unpaired) electrons. The van der Waals surface area contributed by atoms with Gasteiger partial charge in [-0.3, -0.25) is 0 Å². The van der Waals surface area contributed by atoms with E-state index < -0.39 is 0 Å². The maximum absolute atomic E-state index is 5.10. The molecule has 3 rings (SSSR count). The van der Waals surface area contributed by atoms with E-state index in [2.05, 4.69) is 20.0 Å². The third kappa shape index (κ3) is 2.31. The van der Waals surface area contributed by atoms with Crippen molar-refractivity contribution in [2.24, 2.45) is 0 Å². The largest absolute Gasteiger partial charge is 0.361 e. The van der Waals surface area contributed by atoms with Crippen molar-refractivity contribution in [2.75, 3.05) is 13.1 Å². The lowest BCUT2D eigenvalue weighted by Crippen LogP contribution is -2.27. The molecule has 5 nitrogen and oxygen atoms in total. The van der Waals surface area contributed by atoms with Crippen molar-refractivity contribution in [3.8, 4) is 0 Å². The second-order valence-corrected chi connectivity index (χ2v) is 4.90. The van der Waals surface area contributed by atoms with E-state index in [4.69, 9.17) is 4.52 Å². The number of piperidine rings is 1. The van der Waals surface area contributed by atoms with Crippen molar-refractivity contribution in [3.63, 3.8) is 0 Å². The second kappa shape index (κ2) is 4.94. The van der Waals surface area contributed by atoms with E-state index in [0.29, 0.717) is 5.92 Å². The molecule has 96 valence electrons. The zero-order valence-corrected chi connectivity index (χ0v) is 10.6. The predicted molar refractivity (Wildman–Crippen MR) is 67.4 cm³/mol. The Bertz CT molecular complexity index is 511. The summed E-state index contributed by atoms with van der Waals surface area (Å²) in [6.45, 7) is 4.85. The quantitative estimate of drug-likeness (QED) is 0.895. The van der Waals surface area contributed by atoms with Gasteiger partial charge < -0.3 is 14.4 Å². The Morgan fingerprint density at radius 3 is 3.00 bits per heavy atom. The number of nitrogens with zero attached hydrogens (tertiary/aromatic N) is 3. The van der Waals surface area contributed by atoms with Gasteiger partial charge in [0.1, 0.15) is 11.5 Å². The summed E-state index contributed by atoms with van der Waals surface area (Å²) in [6.07, 6.45) is 6.25. The summed E-state index contributed by atoms with van der Waals surface area (Å²) in [6, 6.07) is 1.98. The van der Waals surface area contributed by atoms with Gasteiger partial charge in [0.25, 0.3) is 0 Å². The maximum Gasteiger partial charge on any atom is 0.133 e. The molecule has 5 heteroatoms. The van der Waals surface area contributed by atoms with E-state index in [1.165, 1.54) is 18.5 Å². The highest BCUT2D eigenvalue weighted by atomic mass is 16.5. The van der Waals surface area contributed by atoms with Crippen LogP contribution in [0.25, 0.3) is 0 Å². The number of imidazole rings is 1. The first-order valence-corrected chi connectivity index (χ1v) is 6.46. The van der Waals surface area contributed by atoms with Crippen molar-refractivity contribution in [2.45, 2.75) is 32.2 Å². The lowest BCUT2D eigenvalue weighted by Gasteiger charge is -2.23. The van der Waals surface area contributed by atoms with Crippen molar-refractivity contribution < 1.29 is 4.52 Å². The van der Waals surface area contributed by atoms with Crippen LogP contribution in [0.4, 0.5) is 0 Å². The molecular formula is C13H18N4O. The maximum atomic E-state index is 5.10. The second-order valence-electron chi connectivity index (χ2n) is 4.90. The molecule has 0 atom stereocenters. The van der Waals surface area contributed by atoms with Gasteiger partial charge in [-0.1, -0.05) is 5.16 Å². The normalized spacial score (nSPS) is 17.2. The zero-order chi connectivity index (χ0) is 12.4. The average molecular weight is 246 g/mol. The van der Waals surface area contributed by atoms with E-state index in [1.807, 2.05) is 25.5 Å². The molecule has 0 aliphatic carbocycles. The lowest BCUT2D eigenvalue weighted by atomic mass is 9.95. The summed E-state index contributed by atoms with van der Waals surface area (Å²) in [7, 11) is 0. The van der Waals surface area contributed by atoms with Crippen LogP contribution in [-0.4, -0.2) is 27.8 Å². The lowest BCUT2D eigenvalue weighted by molar-refractivity contribution is 0.387. The molecule has 0 aromatic carbocycles. The van der Waals surface area contributed by atoms with Gasteiger partial charge in [-0.2, -0.15) is 0 Å². The van der Waals surface area contributed by atoms with Gasteiger partial charge in [0.15, 0.2) is 0 Å². The van der Waals surface area contributed by atoms with Crippen LogP contribution in [0.2, 0.25) is 0 Å². The van der Waals surface area contributed by atoms with Gasteiger partial charge in [0.05, 0.1) is 12.9 Å². The summed E-state index contributed by atoms with van der Waals surface area (Å²) >= 11 is 0. The van der Waals surface area contributed by atoms with E-state index in [-0.39, 0.29) is 0 Å². The number of nitrogens with one attached hydrogen (secondary N) is 1. The van der Waals surface area contributed by atoms with Crippen LogP contribution >= 0.6 is 0 Å². The average Bonchev–Trinajstić information content (AvgIpc) is 3.00. The number of hydrogen-bond acceptors (Lipinski definition) is 4. The summed E-state index contributed by atoms with van der Waals surface area (Å²) < 4.78 is 7.29. The van der Waals surface area contributed by atoms with Gasteiger partial charge in [-0.25, -0.2) is 4.98 Å². The summed E-state index contributed by atoms with van der Waals surface area (Å²) in [5.74, 6) is 1.47. The van der Waals surface area contributed by atoms with E-state index in [0.717, 1.165) is 31.1 Å². The van der Waals surface area contributed by atoms with E-state index in [1.54, 1.807) is 0 Å². The van der Waals surface area contributed by atoms with E-state index in [9.17, 15) is 0 Å². The number of hydrogen-bond donors (Lipinski definition) is 1. The van der Waals surface area contributed by atoms with E-state index >= 15 is 0 Å². The minimum absolute atomic E-state index is 0.613. The predicted octanol–water partition coefficient (Wildman–Crippen LogP) is 1.69. The molecule has 0 spiro atoms. The molecule has 0 bridgehead atoms. The smallest absolute Gasteiger partial charge is 0.133 e. The molecule has 1 aliphatic rings. The Kier molecular flexibility index (Phi) is 3.15. The molecule has 1 N–H and O–H groups in total. The molecule has 1 aliphatic heterocycles. The van der Waals surface area contributed by atoms with Crippen LogP contribution in [0.3, 0.4) is 0 Å². The van der Waals surface area contributed by atoms with Crippen molar-refractivity contribution in [1.82, 2.24) is 20.0 Å². The molecule has 2 aromatic rings. The third-order valence-corrected chi connectivity index (χ3v) is 3.51. The monoisotopic (exact) mass is 246 g/mol. The van der Waals surface area contributed by atoms with Gasteiger partial charge in [0, 0.05) is 23.9 Å². The van der Waals surface area contributed by atoms with Crippen LogP contribution in [0, 0.1) is 6.92 Å². The topological polar surface area (TPSA) is 55.9 Å². The van der Waals surface area contributed by atoms with Crippen LogP contribution < -0.4 is 5.32 Å². The Morgan fingerprint density at radius 1 is 1.44 bits per heavy atom. The van der Waals surface area contributed by atoms with Crippen molar-refractivity contribution >= 4 is 0 Å². The van der Waals surface area contributed by atoms with Gasteiger partial charge >= 0.3 is 0 Å². The Morgan fingerprint density at radius 2 is 2.28 bits per heavy atom. The molecule has 3 heterocycles. The standard InChI is InChI=1S/C13H18N4O/c1-10-6-12(16-18-10)8-17-9-15-7-13(17)11-2-4-14-5-3-11/h6-7,9,11,14H,2-5,8H2,1H3. The van der Waals surface area contributed by atoms with Crippen molar-refractivity contribution in [3.05, 3.63) is 35.7 Å². The fourth-order valence-corrected chi connectivity index (χ4v) is 2.59.